The topological polar surface area (TPSA) is 32.9 Å². The summed E-state index contributed by atoms with van der Waals surface area (Å²) in [5.41, 5.74) is 4.16. The van der Waals surface area contributed by atoms with E-state index in [9.17, 15) is 4.79 Å². The van der Waals surface area contributed by atoms with E-state index in [4.69, 9.17) is 0 Å². The number of halogens is 1. The van der Waals surface area contributed by atoms with Crippen molar-refractivity contribution in [2.24, 2.45) is 0 Å². The van der Waals surface area contributed by atoms with Gasteiger partial charge in [-0.2, -0.15) is 0 Å². The molecule has 0 atom stereocenters. The third-order valence-electron chi connectivity index (χ3n) is 2.78. The van der Waals surface area contributed by atoms with Gasteiger partial charge in [0.2, 0.25) is 0 Å². The molecule has 1 heterocycles. The Hall–Kier alpha value is -1.09. The van der Waals surface area contributed by atoms with Gasteiger partial charge in [-0.15, -0.1) is 0 Å². The van der Waals surface area contributed by atoms with E-state index in [2.05, 4.69) is 27.8 Å². The van der Waals surface area contributed by atoms with Gasteiger partial charge in [-0.25, -0.2) is 0 Å². The van der Waals surface area contributed by atoms with Gasteiger partial charge in [0.1, 0.15) is 0 Å². The minimum atomic E-state index is 0.0934. The fourth-order valence-corrected chi connectivity index (χ4v) is 2.28. The Labute approximate surface area is 96.8 Å². The van der Waals surface area contributed by atoms with Crippen LogP contribution in [-0.2, 0) is 0 Å². The normalized spacial score (nSPS) is 10.9. The van der Waals surface area contributed by atoms with Gasteiger partial charge in [-0.05, 0) is 54.4 Å². The molecular weight excluding hydrogens is 254 g/mol. The van der Waals surface area contributed by atoms with Crippen molar-refractivity contribution in [3.8, 4) is 0 Å². The van der Waals surface area contributed by atoms with Gasteiger partial charge in [-0.1, -0.05) is 0 Å². The van der Waals surface area contributed by atoms with Crippen LogP contribution in [0.5, 0.6) is 0 Å². The van der Waals surface area contributed by atoms with Crippen molar-refractivity contribution in [3.63, 3.8) is 0 Å². The van der Waals surface area contributed by atoms with Crippen LogP contribution in [0.2, 0.25) is 0 Å². The van der Waals surface area contributed by atoms with Gasteiger partial charge in [0.15, 0.2) is 5.78 Å². The Bertz CT molecular complexity index is 554. The van der Waals surface area contributed by atoms with Crippen molar-refractivity contribution in [3.05, 3.63) is 33.4 Å². The number of hydrogen-bond donors (Lipinski definition) is 1. The fraction of sp³-hybridized carbons (Fsp3) is 0.250. The monoisotopic (exact) mass is 265 g/mol. The van der Waals surface area contributed by atoms with E-state index in [-0.39, 0.29) is 5.78 Å². The van der Waals surface area contributed by atoms with Crippen molar-refractivity contribution < 1.29 is 4.79 Å². The summed E-state index contributed by atoms with van der Waals surface area (Å²) in [5, 5.41) is 1.12. The molecule has 0 aliphatic heterocycles. The lowest BCUT2D eigenvalue weighted by Crippen LogP contribution is -1.91. The molecule has 1 aromatic heterocycles. The van der Waals surface area contributed by atoms with Crippen molar-refractivity contribution >= 4 is 32.6 Å². The molecule has 15 heavy (non-hydrogen) atoms. The number of rotatable bonds is 1. The number of Topliss-reactive ketones (excluding diaryl/α,β-unsaturated/α-hetero) is 1. The number of ketones is 1. The van der Waals surface area contributed by atoms with Gasteiger partial charge < -0.3 is 4.98 Å². The lowest BCUT2D eigenvalue weighted by atomic mass is 10.1. The van der Waals surface area contributed by atoms with E-state index in [0.717, 1.165) is 26.6 Å². The van der Waals surface area contributed by atoms with E-state index in [1.54, 1.807) is 6.92 Å². The summed E-state index contributed by atoms with van der Waals surface area (Å²) in [7, 11) is 0. The number of carbonyl (C=O) groups is 1. The molecular formula is C12H12BrNO. The molecule has 78 valence electrons. The lowest BCUT2D eigenvalue weighted by Gasteiger charge is -2.00. The summed E-state index contributed by atoms with van der Waals surface area (Å²) in [4.78, 5) is 14.6. The first-order valence-corrected chi connectivity index (χ1v) is 5.59. The standard InChI is InChI=1S/C12H12BrNO/c1-6-7(2)14-12-10(6)4-9(8(3)15)5-11(12)13/h4-5,14H,1-3H3. The molecule has 1 N–H and O–H groups in total. The molecule has 2 rings (SSSR count). The predicted octanol–water partition coefficient (Wildman–Crippen LogP) is 3.75. The largest absolute Gasteiger partial charge is 0.357 e. The highest BCUT2D eigenvalue weighted by molar-refractivity contribution is 9.10. The Kier molecular flexibility index (Phi) is 2.43. The number of aromatic nitrogens is 1. The van der Waals surface area contributed by atoms with Crippen LogP contribution in [0.1, 0.15) is 28.5 Å². The maximum atomic E-state index is 11.3. The molecule has 0 fully saturated rings. The van der Waals surface area contributed by atoms with Crippen molar-refractivity contribution in [1.29, 1.82) is 0 Å². The number of benzene rings is 1. The number of aromatic amines is 1. The first-order valence-electron chi connectivity index (χ1n) is 4.80. The highest BCUT2D eigenvalue weighted by atomic mass is 79.9. The zero-order valence-corrected chi connectivity index (χ0v) is 10.5. The van der Waals surface area contributed by atoms with Crippen LogP contribution in [-0.4, -0.2) is 10.8 Å². The number of aryl methyl sites for hydroxylation is 2. The van der Waals surface area contributed by atoms with E-state index in [1.807, 2.05) is 19.1 Å². The number of hydrogen-bond acceptors (Lipinski definition) is 1. The van der Waals surface area contributed by atoms with E-state index in [1.165, 1.54) is 5.56 Å². The van der Waals surface area contributed by atoms with Gasteiger partial charge >= 0.3 is 0 Å². The highest BCUT2D eigenvalue weighted by Crippen LogP contribution is 2.29. The summed E-state index contributed by atoms with van der Waals surface area (Å²) < 4.78 is 0.946. The van der Waals surface area contributed by atoms with Gasteiger partial charge in [0.25, 0.3) is 0 Å². The maximum absolute atomic E-state index is 11.3. The summed E-state index contributed by atoms with van der Waals surface area (Å²) in [6.45, 7) is 5.68. The van der Waals surface area contributed by atoms with Gasteiger partial charge in [0.05, 0.1) is 5.52 Å². The number of nitrogens with one attached hydrogen (secondary N) is 1. The third-order valence-corrected chi connectivity index (χ3v) is 3.40. The molecule has 3 heteroatoms. The molecule has 0 bridgehead atoms. The Morgan fingerprint density at radius 3 is 2.60 bits per heavy atom. The molecule has 0 spiro atoms. The van der Waals surface area contributed by atoms with Crippen LogP contribution >= 0.6 is 15.9 Å². The highest BCUT2D eigenvalue weighted by Gasteiger charge is 2.10. The Morgan fingerprint density at radius 1 is 1.33 bits per heavy atom. The lowest BCUT2D eigenvalue weighted by molar-refractivity contribution is 0.101. The molecule has 0 radical (unpaired) electrons. The van der Waals surface area contributed by atoms with Crippen LogP contribution in [0.25, 0.3) is 10.9 Å². The first kappa shape index (κ1) is 10.4. The zero-order valence-electron chi connectivity index (χ0n) is 8.94. The summed E-state index contributed by atoms with van der Waals surface area (Å²) in [5.74, 6) is 0.0934. The zero-order chi connectivity index (χ0) is 11.2. The SMILES string of the molecule is CC(=O)c1cc(Br)c2[nH]c(C)c(C)c2c1. The molecule has 1 aromatic carbocycles. The predicted molar refractivity (Wildman–Crippen MR) is 65.5 cm³/mol. The molecule has 0 saturated carbocycles. The van der Waals surface area contributed by atoms with Crippen LogP contribution in [0.15, 0.2) is 16.6 Å². The minimum Gasteiger partial charge on any atom is -0.357 e. The number of H-pyrrole nitrogens is 1. The fourth-order valence-electron chi connectivity index (χ4n) is 1.72. The second-order valence-corrected chi connectivity index (χ2v) is 4.67. The Balaban J connectivity index is 2.85. The first-order chi connectivity index (χ1) is 7.00. The molecule has 2 aromatic rings. The maximum Gasteiger partial charge on any atom is 0.159 e. The number of fused-ring (bicyclic) bond motifs is 1. The number of carbonyl (C=O) groups excluding carboxylic acids is 1. The van der Waals surface area contributed by atoms with Crippen LogP contribution in [0, 0.1) is 13.8 Å². The van der Waals surface area contributed by atoms with Gasteiger partial charge in [0, 0.05) is 21.1 Å². The van der Waals surface area contributed by atoms with Crippen molar-refractivity contribution in [1.82, 2.24) is 4.98 Å². The van der Waals surface area contributed by atoms with Crippen molar-refractivity contribution in [2.45, 2.75) is 20.8 Å². The second-order valence-electron chi connectivity index (χ2n) is 3.81. The molecule has 2 nitrogen and oxygen atoms in total. The molecule has 0 aliphatic carbocycles. The average Bonchev–Trinajstić information content (AvgIpc) is 2.45. The quantitative estimate of drug-likeness (QED) is 0.783. The summed E-state index contributed by atoms with van der Waals surface area (Å²) in [6, 6.07) is 3.81. The van der Waals surface area contributed by atoms with Crippen LogP contribution in [0.4, 0.5) is 0 Å². The second kappa shape index (κ2) is 3.49. The third kappa shape index (κ3) is 1.61. The van der Waals surface area contributed by atoms with Crippen LogP contribution in [0.3, 0.4) is 0 Å². The summed E-state index contributed by atoms with van der Waals surface area (Å²) in [6.07, 6.45) is 0. The molecule has 0 aliphatic rings. The average molecular weight is 266 g/mol. The Morgan fingerprint density at radius 2 is 2.00 bits per heavy atom. The molecule has 0 unspecified atom stereocenters. The minimum absolute atomic E-state index is 0.0934. The molecule has 0 saturated heterocycles. The van der Waals surface area contributed by atoms with Crippen molar-refractivity contribution in [2.75, 3.05) is 0 Å². The van der Waals surface area contributed by atoms with E-state index in [0.29, 0.717) is 0 Å². The van der Waals surface area contributed by atoms with Gasteiger partial charge in [-0.3, -0.25) is 4.79 Å². The van der Waals surface area contributed by atoms with E-state index >= 15 is 0 Å². The molecule has 0 amide bonds. The van der Waals surface area contributed by atoms with E-state index < -0.39 is 0 Å². The van der Waals surface area contributed by atoms with Crippen LogP contribution < -0.4 is 0 Å². The summed E-state index contributed by atoms with van der Waals surface area (Å²) >= 11 is 3.48. The smallest absolute Gasteiger partial charge is 0.159 e.